The van der Waals surface area contributed by atoms with Crippen LogP contribution in [0.4, 0.5) is 5.69 Å². The van der Waals surface area contributed by atoms with Gasteiger partial charge in [0, 0.05) is 16.9 Å². The Bertz CT molecular complexity index is 890. The van der Waals surface area contributed by atoms with Crippen molar-refractivity contribution in [2.45, 2.75) is 0 Å². The lowest BCUT2D eigenvalue weighted by molar-refractivity contribution is 0.100. The Morgan fingerprint density at radius 2 is 2.09 bits per heavy atom. The van der Waals surface area contributed by atoms with Crippen molar-refractivity contribution in [3.05, 3.63) is 58.5 Å². The molecule has 1 aromatic carbocycles. The molecule has 8 heteroatoms. The lowest BCUT2D eigenvalue weighted by atomic mass is 10.1. The quantitative estimate of drug-likeness (QED) is 0.744. The van der Waals surface area contributed by atoms with E-state index in [0.29, 0.717) is 21.4 Å². The van der Waals surface area contributed by atoms with Crippen LogP contribution in [0.5, 0.6) is 0 Å². The first-order valence-corrected chi connectivity index (χ1v) is 7.04. The number of rotatable bonds is 3. The van der Waals surface area contributed by atoms with Crippen molar-refractivity contribution in [1.82, 2.24) is 14.6 Å². The minimum Gasteiger partial charge on any atom is -0.366 e. The average Bonchev–Trinajstić information content (AvgIpc) is 2.93. The molecule has 0 saturated heterocycles. The number of amides is 2. The summed E-state index contributed by atoms with van der Waals surface area (Å²) in [5.41, 5.74) is 6.61. The molecule has 0 atom stereocenters. The summed E-state index contributed by atoms with van der Waals surface area (Å²) in [6.07, 6.45) is 4.68. The normalized spacial score (nSPS) is 10.6. The average molecular weight is 360 g/mol. The molecule has 2 amide bonds. The first kappa shape index (κ1) is 14.2. The fourth-order valence-corrected chi connectivity index (χ4v) is 2.37. The van der Waals surface area contributed by atoms with Crippen molar-refractivity contribution in [3.8, 4) is 0 Å². The molecule has 3 aromatic rings. The van der Waals surface area contributed by atoms with E-state index in [4.69, 9.17) is 5.73 Å². The highest BCUT2D eigenvalue weighted by molar-refractivity contribution is 9.10. The van der Waals surface area contributed by atoms with Gasteiger partial charge in [-0.1, -0.05) is 15.9 Å². The topological polar surface area (TPSA) is 102 Å². The van der Waals surface area contributed by atoms with Gasteiger partial charge in [-0.25, -0.2) is 9.50 Å². The summed E-state index contributed by atoms with van der Waals surface area (Å²) in [5, 5.41) is 6.71. The van der Waals surface area contributed by atoms with Crippen LogP contribution in [-0.2, 0) is 0 Å². The second-order valence-corrected chi connectivity index (χ2v) is 5.37. The molecule has 0 aliphatic rings. The first-order chi connectivity index (χ1) is 10.6. The Balaban J connectivity index is 1.97. The Morgan fingerprint density at radius 1 is 1.27 bits per heavy atom. The van der Waals surface area contributed by atoms with Gasteiger partial charge in [0.15, 0.2) is 5.65 Å². The highest BCUT2D eigenvalue weighted by atomic mass is 79.9. The number of aromatic nitrogens is 3. The fourth-order valence-electron chi connectivity index (χ4n) is 2.01. The second kappa shape index (κ2) is 5.57. The number of hydrogen-bond donors (Lipinski definition) is 2. The maximum Gasteiger partial charge on any atom is 0.261 e. The van der Waals surface area contributed by atoms with Crippen molar-refractivity contribution in [1.29, 1.82) is 0 Å². The molecule has 22 heavy (non-hydrogen) atoms. The fraction of sp³-hybridized carbons (Fsp3) is 0. The highest BCUT2D eigenvalue weighted by Crippen LogP contribution is 2.21. The molecule has 0 aliphatic carbocycles. The Labute approximate surface area is 133 Å². The van der Waals surface area contributed by atoms with E-state index in [9.17, 15) is 9.59 Å². The first-order valence-electron chi connectivity index (χ1n) is 6.25. The number of fused-ring (bicyclic) bond motifs is 1. The standard InChI is InChI=1S/C14H10BrN5O2/c15-8-2-3-11(9(6-8)12(16)21)19-14(22)10-7-18-20-5-1-4-17-13(10)20/h1-7H,(H2,16,21)(H,19,22). The van der Waals surface area contributed by atoms with Crippen LogP contribution >= 0.6 is 15.9 Å². The number of halogens is 1. The molecule has 0 saturated carbocycles. The summed E-state index contributed by atoms with van der Waals surface area (Å²) in [6, 6.07) is 6.56. The maximum absolute atomic E-state index is 12.4. The zero-order chi connectivity index (χ0) is 15.7. The van der Waals surface area contributed by atoms with Gasteiger partial charge in [0.1, 0.15) is 5.56 Å². The van der Waals surface area contributed by atoms with Gasteiger partial charge in [-0.3, -0.25) is 9.59 Å². The molecule has 0 aliphatic heterocycles. The van der Waals surface area contributed by atoms with E-state index < -0.39 is 11.8 Å². The summed E-state index contributed by atoms with van der Waals surface area (Å²) < 4.78 is 2.18. The molecule has 7 nitrogen and oxygen atoms in total. The molecular weight excluding hydrogens is 350 g/mol. The predicted molar refractivity (Wildman–Crippen MR) is 83.6 cm³/mol. The second-order valence-electron chi connectivity index (χ2n) is 4.45. The van der Waals surface area contributed by atoms with Gasteiger partial charge < -0.3 is 11.1 Å². The number of nitrogens with one attached hydrogen (secondary N) is 1. The Kier molecular flexibility index (Phi) is 3.60. The van der Waals surface area contributed by atoms with E-state index in [0.717, 1.165) is 0 Å². The van der Waals surface area contributed by atoms with E-state index in [1.54, 1.807) is 36.7 Å². The van der Waals surface area contributed by atoms with Crippen LogP contribution in [0.25, 0.3) is 5.65 Å². The van der Waals surface area contributed by atoms with E-state index in [1.165, 1.54) is 10.7 Å². The lowest BCUT2D eigenvalue weighted by Gasteiger charge is -2.08. The van der Waals surface area contributed by atoms with Gasteiger partial charge >= 0.3 is 0 Å². The molecule has 110 valence electrons. The largest absolute Gasteiger partial charge is 0.366 e. The van der Waals surface area contributed by atoms with Crippen molar-refractivity contribution < 1.29 is 9.59 Å². The zero-order valence-electron chi connectivity index (χ0n) is 11.2. The van der Waals surface area contributed by atoms with Gasteiger partial charge in [0.05, 0.1) is 17.4 Å². The maximum atomic E-state index is 12.4. The van der Waals surface area contributed by atoms with E-state index in [1.807, 2.05) is 0 Å². The zero-order valence-corrected chi connectivity index (χ0v) is 12.7. The van der Waals surface area contributed by atoms with E-state index >= 15 is 0 Å². The molecule has 0 fully saturated rings. The number of carbonyl (C=O) groups is 2. The third-order valence-electron chi connectivity index (χ3n) is 3.02. The van der Waals surface area contributed by atoms with Crippen LogP contribution in [0.3, 0.4) is 0 Å². The van der Waals surface area contributed by atoms with Gasteiger partial charge in [0.25, 0.3) is 11.8 Å². The molecular formula is C14H10BrN5O2. The predicted octanol–water partition coefficient (Wildman–Crippen LogP) is 1.84. The van der Waals surface area contributed by atoms with E-state index in [-0.39, 0.29) is 5.56 Å². The SMILES string of the molecule is NC(=O)c1cc(Br)ccc1NC(=O)c1cnn2cccnc12. The summed E-state index contributed by atoms with van der Waals surface area (Å²) in [5.74, 6) is -1.05. The number of carbonyl (C=O) groups excluding carboxylic acids is 2. The van der Waals surface area contributed by atoms with Gasteiger partial charge in [-0.05, 0) is 24.3 Å². The van der Waals surface area contributed by atoms with Gasteiger partial charge in [0.2, 0.25) is 0 Å². The van der Waals surface area contributed by atoms with Crippen LogP contribution in [0.1, 0.15) is 20.7 Å². The molecule has 2 heterocycles. The third-order valence-corrected chi connectivity index (χ3v) is 3.51. The van der Waals surface area contributed by atoms with Crippen LogP contribution in [-0.4, -0.2) is 26.4 Å². The third kappa shape index (κ3) is 2.56. The number of hydrogen-bond acceptors (Lipinski definition) is 4. The Hall–Kier alpha value is -2.74. The number of primary amides is 1. The molecule has 0 radical (unpaired) electrons. The summed E-state index contributed by atoms with van der Waals surface area (Å²) in [7, 11) is 0. The van der Waals surface area contributed by atoms with Crippen molar-refractivity contribution in [2.75, 3.05) is 5.32 Å². The van der Waals surface area contributed by atoms with Crippen molar-refractivity contribution in [3.63, 3.8) is 0 Å². The van der Waals surface area contributed by atoms with Gasteiger partial charge in [-0.15, -0.1) is 0 Å². The van der Waals surface area contributed by atoms with Crippen LogP contribution in [0.15, 0.2) is 47.3 Å². The van der Waals surface area contributed by atoms with Crippen molar-refractivity contribution in [2.24, 2.45) is 5.73 Å². The molecule has 3 N–H and O–H groups in total. The summed E-state index contributed by atoms with van der Waals surface area (Å²) in [4.78, 5) is 28.0. The smallest absolute Gasteiger partial charge is 0.261 e. The Morgan fingerprint density at radius 3 is 2.86 bits per heavy atom. The molecule has 3 rings (SSSR count). The lowest BCUT2D eigenvalue weighted by Crippen LogP contribution is -2.18. The van der Waals surface area contributed by atoms with Crippen LogP contribution < -0.4 is 11.1 Å². The number of benzene rings is 1. The van der Waals surface area contributed by atoms with Crippen molar-refractivity contribution >= 4 is 39.1 Å². The van der Waals surface area contributed by atoms with Crippen LogP contribution in [0.2, 0.25) is 0 Å². The summed E-state index contributed by atoms with van der Waals surface area (Å²) >= 11 is 3.26. The minimum absolute atomic E-state index is 0.215. The van der Waals surface area contributed by atoms with Gasteiger partial charge in [-0.2, -0.15) is 5.10 Å². The number of nitrogens with two attached hydrogens (primary N) is 1. The minimum atomic E-state index is -0.630. The number of anilines is 1. The monoisotopic (exact) mass is 359 g/mol. The van der Waals surface area contributed by atoms with Crippen LogP contribution in [0, 0.1) is 0 Å². The number of nitrogens with zero attached hydrogens (tertiary/aromatic N) is 3. The molecule has 2 aromatic heterocycles. The van der Waals surface area contributed by atoms with E-state index in [2.05, 4.69) is 31.3 Å². The molecule has 0 unspecified atom stereocenters. The molecule has 0 bridgehead atoms. The molecule has 0 spiro atoms. The summed E-state index contributed by atoms with van der Waals surface area (Å²) in [6.45, 7) is 0. The highest BCUT2D eigenvalue weighted by Gasteiger charge is 2.16.